The third-order valence-electron chi connectivity index (χ3n) is 5.79. The van der Waals surface area contributed by atoms with Crippen LogP contribution in [0.15, 0.2) is 77.9 Å². The van der Waals surface area contributed by atoms with Gasteiger partial charge < -0.3 is 4.74 Å². The summed E-state index contributed by atoms with van der Waals surface area (Å²) in [5.74, 6) is 0.626. The van der Waals surface area contributed by atoms with Crippen molar-refractivity contribution in [3.05, 3.63) is 105 Å². The van der Waals surface area contributed by atoms with Crippen LogP contribution >= 0.6 is 47.8 Å². The minimum Gasteiger partial charge on any atom is -0.482 e. The van der Waals surface area contributed by atoms with Crippen LogP contribution in [0.3, 0.4) is 0 Å². The largest absolute Gasteiger partial charge is 0.482 e. The van der Waals surface area contributed by atoms with Gasteiger partial charge in [-0.05, 0) is 48.9 Å². The van der Waals surface area contributed by atoms with E-state index in [2.05, 4.69) is 57.9 Å². The Morgan fingerprint density at radius 3 is 2.54 bits per heavy atom. The maximum Gasteiger partial charge on any atom is 0.311 e. The van der Waals surface area contributed by atoms with E-state index in [1.54, 1.807) is 18.2 Å². The molecule has 0 fully saturated rings. The molecule has 4 aromatic rings. The van der Waals surface area contributed by atoms with Crippen molar-refractivity contribution in [1.29, 1.82) is 0 Å². The fourth-order valence-electron chi connectivity index (χ4n) is 3.58. The first-order valence-electron chi connectivity index (χ1n) is 11.3. The summed E-state index contributed by atoms with van der Waals surface area (Å²) < 4.78 is 9.52. The normalized spacial score (nSPS) is 12.2. The van der Waals surface area contributed by atoms with Gasteiger partial charge in [-0.2, -0.15) is 9.78 Å². The highest BCUT2D eigenvalue weighted by Crippen LogP contribution is 2.30. The number of nitro groups is 1. The van der Waals surface area contributed by atoms with E-state index < -0.39 is 4.92 Å². The minimum atomic E-state index is -0.505. The molecule has 0 spiro atoms. The summed E-state index contributed by atoms with van der Waals surface area (Å²) in [4.78, 5) is 29.3. The van der Waals surface area contributed by atoms with Crippen LogP contribution in [-0.4, -0.2) is 20.8 Å². The highest BCUT2D eigenvalue weighted by molar-refractivity contribution is 9.11. The van der Waals surface area contributed by atoms with Crippen LogP contribution in [0.5, 0.6) is 5.75 Å². The molecule has 0 unspecified atom stereocenters. The number of nitro benzene ring substituents is 1. The summed E-state index contributed by atoms with van der Waals surface area (Å²) in [5, 5.41) is 16.6. The molecule has 190 valence electrons. The minimum absolute atomic E-state index is 0.0269. The standard InChI is InChI=1S/C26H21Br3N4O4/c1-3-15(2)25-31-22-8-7-18(27)11-20(22)26(34)32(25)30-13-16-4-9-24(23(10-16)33(35)36)37-14-17-5-6-19(28)12-21(17)29/h4-13,15H,3,14H2,1-2H3/t15-/m1/s1. The molecular formula is C26H21Br3N4O4. The highest BCUT2D eigenvalue weighted by atomic mass is 79.9. The molecule has 0 saturated heterocycles. The second kappa shape index (κ2) is 11.7. The van der Waals surface area contributed by atoms with E-state index in [0.29, 0.717) is 22.3 Å². The Balaban J connectivity index is 1.69. The molecule has 8 nitrogen and oxygen atoms in total. The molecule has 0 bridgehead atoms. The van der Waals surface area contributed by atoms with Gasteiger partial charge in [0.1, 0.15) is 12.4 Å². The van der Waals surface area contributed by atoms with E-state index in [1.807, 2.05) is 38.1 Å². The van der Waals surface area contributed by atoms with Crippen LogP contribution < -0.4 is 10.3 Å². The Morgan fingerprint density at radius 1 is 1.11 bits per heavy atom. The predicted molar refractivity (Wildman–Crippen MR) is 155 cm³/mol. The van der Waals surface area contributed by atoms with Crippen LogP contribution in [0.4, 0.5) is 5.69 Å². The van der Waals surface area contributed by atoms with E-state index in [9.17, 15) is 14.9 Å². The van der Waals surface area contributed by atoms with Gasteiger partial charge in [-0.25, -0.2) is 4.98 Å². The molecule has 1 heterocycles. The van der Waals surface area contributed by atoms with Crippen LogP contribution in [-0.2, 0) is 6.61 Å². The number of halogens is 3. The highest BCUT2D eigenvalue weighted by Gasteiger charge is 2.18. The Bertz CT molecular complexity index is 1590. The van der Waals surface area contributed by atoms with Gasteiger partial charge >= 0.3 is 5.69 Å². The van der Waals surface area contributed by atoms with E-state index in [-0.39, 0.29) is 29.5 Å². The third-order valence-corrected chi connectivity index (χ3v) is 7.51. The molecule has 0 amide bonds. The van der Waals surface area contributed by atoms with Crippen molar-refractivity contribution in [2.75, 3.05) is 0 Å². The predicted octanol–water partition coefficient (Wildman–Crippen LogP) is 7.57. The summed E-state index contributed by atoms with van der Waals surface area (Å²) in [6, 6.07) is 15.5. The Morgan fingerprint density at radius 2 is 1.84 bits per heavy atom. The molecule has 0 aliphatic heterocycles. The number of hydrogen-bond donors (Lipinski definition) is 0. The average molecular weight is 693 g/mol. The van der Waals surface area contributed by atoms with Crippen molar-refractivity contribution >= 4 is 70.6 Å². The first-order valence-corrected chi connectivity index (χ1v) is 13.7. The van der Waals surface area contributed by atoms with Gasteiger partial charge in [0.2, 0.25) is 0 Å². The number of ether oxygens (including phenoxy) is 1. The molecule has 4 rings (SSSR count). The van der Waals surface area contributed by atoms with E-state index in [1.165, 1.54) is 23.0 Å². The number of hydrogen-bond acceptors (Lipinski definition) is 6. The van der Waals surface area contributed by atoms with E-state index in [4.69, 9.17) is 4.74 Å². The second-order valence-corrected chi connectivity index (χ2v) is 11.0. The Kier molecular flexibility index (Phi) is 8.56. The van der Waals surface area contributed by atoms with Gasteiger partial charge in [0, 0.05) is 36.5 Å². The summed E-state index contributed by atoms with van der Waals surface area (Å²) >= 11 is 10.3. The quantitative estimate of drug-likeness (QED) is 0.108. The first-order chi connectivity index (χ1) is 17.7. The van der Waals surface area contributed by atoms with Crippen molar-refractivity contribution < 1.29 is 9.66 Å². The summed E-state index contributed by atoms with van der Waals surface area (Å²) in [7, 11) is 0. The molecule has 0 saturated carbocycles. The fraction of sp³-hybridized carbons (Fsp3) is 0.192. The topological polar surface area (TPSA) is 99.6 Å². The van der Waals surface area contributed by atoms with Crippen molar-refractivity contribution in [3.63, 3.8) is 0 Å². The summed E-state index contributed by atoms with van der Waals surface area (Å²) in [6.07, 6.45) is 2.18. The van der Waals surface area contributed by atoms with Gasteiger partial charge in [-0.1, -0.05) is 67.7 Å². The monoisotopic (exact) mass is 690 g/mol. The SMILES string of the molecule is CC[C@@H](C)c1nc2ccc(Br)cc2c(=O)n1N=Cc1ccc(OCc2ccc(Br)cc2Br)c([N+](=O)[O-])c1. The van der Waals surface area contributed by atoms with Gasteiger partial charge in [0.25, 0.3) is 5.56 Å². The van der Waals surface area contributed by atoms with E-state index >= 15 is 0 Å². The number of benzene rings is 3. The van der Waals surface area contributed by atoms with Gasteiger partial charge in [-0.15, -0.1) is 0 Å². The number of rotatable bonds is 8. The maximum atomic E-state index is 13.3. The Hall–Kier alpha value is -2.89. The van der Waals surface area contributed by atoms with Gasteiger partial charge in [0.15, 0.2) is 5.75 Å². The molecule has 11 heteroatoms. The lowest BCUT2D eigenvalue weighted by atomic mass is 10.1. The third kappa shape index (κ3) is 6.16. The smallest absolute Gasteiger partial charge is 0.311 e. The first kappa shape index (κ1) is 27.2. The zero-order valence-corrected chi connectivity index (χ0v) is 24.6. The lowest BCUT2D eigenvalue weighted by molar-refractivity contribution is -0.385. The molecule has 0 N–H and O–H groups in total. The van der Waals surface area contributed by atoms with Crippen molar-refractivity contribution in [3.8, 4) is 5.75 Å². The van der Waals surface area contributed by atoms with Gasteiger partial charge in [0.05, 0.1) is 22.0 Å². The lowest BCUT2D eigenvalue weighted by Crippen LogP contribution is -2.23. The molecule has 0 aliphatic carbocycles. The summed E-state index contributed by atoms with van der Waals surface area (Å²) in [6.45, 7) is 4.12. The molecule has 37 heavy (non-hydrogen) atoms. The molecule has 0 radical (unpaired) electrons. The second-order valence-electron chi connectivity index (χ2n) is 8.31. The number of nitrogens with zero attached hydrogens (tertiary/aromatic N) is 4. The van der Waals surface area contributed by atoms with Crippen molar-refractivity contribution in [1.82, 2.24) is 9.66 Å². The maximum absolute atomic E-state index is 13.3. The summed E-state index contributed by atoms with van der Waals surface area (Å²) in [5.41, 5.74) is 1.36. The van der Waals surface area contributed by atoms with Crippen LogP contribution in [0.25, 0.3) is 10.9 Å². The van der Waals surface area contributed by atoms with Crippen molar-refractivity contribution in [2.45, 2.75) is 32.8 Å². The molecule has 1 atom stereocenters. The van der Waals surface area contributed by atoms with Gasteiger partial charge in [-0.3, -0.25) is 14.9 Å². The fourth-order valence-corrected chi connectivity index (χ4v) is 5.10. The molecule has 3 aromatic carbocycles. The number of aromatic nitrogens is 2. The van der Waals surface area contributed by atoms with E-state index in [0.717, 1.165) is 25.4 Å². The Labute approximate surface area is 237 Å². The molecule has 1 aromatic heterocycles. The zero-order chi connectivity index (χ0) is 26.7. The molecular weight excluding hydrogens is 672 g/mol. The number of fused-ring (bicyclic) bond motifs is 1. The zero-order valence-electron chi connectivity index (χ0n) is 19.8. The van der Waals surface area contributed by atoms with Crippen LogP contribution in [0.2, 0.25) is 0 Å². The lowest BCUT2D eigenvalue weighted by Gasteiger charge is -2.14. The molecule has 0 aliphatic rings. The van der Waals surface area contributed by atoms with Crippen molar-refractivity contribution in [2.24, 2.45) is 5.10 Å². The average Bonchev–Trinajstić information content (AvgIpc) is 2.87. The van der Waals surface area contributed by atoms with Crippen LogP contribution in [0.1, 0.15) is 43.1 Å². The van der Waals surface area contributed by atoms with Crippen LogP contribution in [0, 0.1) is 10.1 Å².